The number of guanidine groups is 1. The summed E-state index contributed by atoms with van der Waals surface area (Å²) < 4.78 is 5.60. The van der Waals surface area contributed by atoms with Gasteiger partial charge in [-0.2, -0.15) is 0 Å². The molecule has 26 heavy (non-hydrogen) atoms. The quantitative estimate of drug-likeness (QED) is 0.383. The van der Waals surface area contributed by atoms with E-state index < -0.39 is 0 Å². The fraction of sp³-hybridized carbons (Fsp3) is 0.667. The van der Waals surface area contributed by atoms with E-state index in [4.69, 9.17) is 4.74 Å². The second-order valence-corrected chi connectivity index (χ2v) is 7.39. The summed E-state index contributed by atoms with van der Waals surface area (Å²) in [6.45, 7) is 13.8. The van der Waals surface area contributed by atoms with Crippen LogP contribution in [0.1, 0.15) is 44.7 Å². The third kappa shape index (κ3) is 8.19. The molecule has 1 fully saturated rings. The molecule has 1 aromatic rings. The second-order valence-electron chi connectivity index (χ2n) is 7.39. The highest BCUT2D eigenvalue weighted by atomic mass is 16.5. The van der Waals surface area contributed by atoms with Crippen LogP contribution in [0, 0.1) is 5.92 Å². The van der Waals surface area contributed by atoms with E-state index >= 15 is 0 Å². The molecular weight excluding hydrogens is 324 g/mol. The molecule has 5 nitrogen and oxygen atoms in total. The maximum absolute atomic E-state index is 5.60. The van der Waals surface area contributed by atoms with Crippen molar-refractivity contribution in [2.24, 2.45) is 10.9 Å². The molecule has 146 valence electrons. The van der Waals surface area contributed by atoms with Crippen LogP contribution in [0.4, 0.5) is 0 Å². The zero-order valence-corrected chi connectivity index (χ0v) is 16.8. The highest BCUT2D eigenvalue weighted by molar-refractivity contribution is 5.79. The lowest BCUT2D eigenvalue weighted by atomic mass is 10.1. The zero-order valence-electron chi connectivity index (χ0n) is 16.8. The van der Waals surface area contributed by atoms with E-state index in [1.54, 1.807) is 0 Å². The molecule has 2 rings (SSSR count). The minimum absolute atomic E-state index is 0.574. The lowest BCUT2D eigenvalue weighted by molar-refractivity contribution is 0.114. The lowest BCUT2D eigenvalue weighted by Crippen LogP contribution is -2.39. The number of rotatable bonds is 10. The van der Waals surface area contributed by atoms with Crippen molar-refractivity contribution in [1.82, 2.24) is 15.5 Å². The maximum Gasteiger partial charge on any atom is 0.191 e. The molecule has 0 saturated carbocycles. The number of nitrogens with zero attached hydrogens (tertiary/aromatic N) is 2. The van der Waals surface area contributed by atoms with Crippen molar-refractivity contribution < 1.29 is 4.74 Å². The smallest absolute Gasteiger partial charge is 0.191 e. The topological polar surface area (TPSA) is 48.9 Å². The number of ether oxygens (including phenoxy) is 1. The van der Waals surface area contributed by atoms with Gasteiger partial charge in [-0.05, 0) is 49.9 Å². The fourth-order valence-corrected chi connectivity index (χ4v) is 3.02. The van der Waals surface area contributed by atoms with Crippen LogP contribution in [0.5, 0.6) is 0 Å². The highest BCUT2D eigenvalue weighted by Crippen LogP contribution is 2.13. The van der Waals surface area contributed by atoms with Crippen LogP contribution in [-0.4, -0.2) is 50.3 Å². The molecule has 1 aliphatic rings. The molecule has 0 bridgehead atoms. The summed E-state index contributed by atoms with van der Waals surface area (Å²) >= 11 is 0. The predicted octanol–water partition coefficient (Wildman–Crippen LogP) is 3.01. The minimum atomic E-state index is 0.574. The zero-order chi connectivity index (χ0) is 18.6. The predicted molar refractivity (Wildman–Crippen MR) is 109 cm³/mol. The van der Waals surface area contributed by atoms with Crippen molar-refractivity contribution in [3.63, 3.8) is 0 Å². The number of aliphatic imine (C=N–C) groups is 1. The van der Waals surface area contributed by atoms with Crippen LogP contribution < -0.4 is 10.6 Å². The lowest BCUT2D eigenvalue weighted by Gasteiger charge is -2.14. The van der Waals surface area contributed by atoms with Crippen molar-refractivity contribution in [1.29, 1.82) is 0 Å². The van der Waals surface area contributed by atoms with E-state index in [1.807, 2.05) is 0 Å². The van der Waals surface area contributed by atoms with Crippen molar-refractivity contribution >= 4 is 5.96 Å². The number of hydrogen-bond donors (Lipinski definition) is 2. The van der Waals surface area contributed by atoms with Gasteiger partial charge in [-0.1, -0.05) is 38.1 Å². The monoisotopic (exact) mass is 360 g/mol. The number of likely N-dealkylation sites (tertiary alicyclic amines) is 1. The van der Waals surface area contributed by atoms with Gasteiger partial charge in [0.15, 0.2) is 5.96 Å². The third-order valence-corrected chi connectivity index (χ3v) is 4.38. The highest BCUT2D eigenvalue weighted by Gasteiger charge is 2.11. The van der Waals surface area contributed by atoms with Gasteiger partial charge in [-0.25, -0.2) is 4.99 Å². The Balaban J connectivity index is 1.76. The maximum atomic E-state index is 5.60. The molecule has 1 saturated heterocycles. The summed E-state index contributed by atoms with van der Waals surface area (Å²) in [4.78, 5) is 7.21. The van der Waals surface area contributed by atoms with Gasteiger partial charge < -0.3 is 15.4 Å². The summed E-state index contributed by atoms with van der Waals surface area (Å²) in [6.07, 6.45) is 2.69. The Bertz CT molecular complexity index is 521. The van der Waals surface area contributed by atoms with E-state index in [2.05, 4.69) is 65.6 Å². The Hall–Kier alpha value is -1.59. The van der Waals surface area contributed by atoms with Crippen LogP contribution in [0.25, 0.3) is 0 Å². The fourth-order valence-electron chi connectivity index (χ4n) is 3.02. The molecule has 0 spiro atoms. The number of hydrogen-bond acceptors (Lipinski definition) is 3. The summed E-state index contributed by atoms with van der Waals surface area (Å²) in [7, 11) is 0. The van der Waals surface area contributed by atoms with E-state index in [0.29, 0.717) is 19.1 Å². The Kier molecular flexibility index (Phi) is 9.50. The van der Waals surface area contributed by atoms with Crippen LogP contribution in [-0.2, 0) is 17.8 Å². The van der Waals surface area contributed by atoms with Gasteiger partial charge >= 0.3 is 0 Å². The molecule has 0 aliphatic carbocycles. The molecular formula is C21H36N4O. The van der Waals surface area contributed by atoms with E-state index in [9.17, 15) is 0 Å². The van der Waals surface area contributed by atoms with Crippen LogP contribution in [0.2, 0.25) is 0 Å². The van der Waals surface area contributed by atoms with Crippen molar-refractivity contribution in [3.8, 4) is 0 Å². The first kappa shape index (κ1) is 20.7. The van der Waals surface area contributed by atoms with Crippen LogP contribution >= 0.6 is 0 Å². The van der Waals surface area contributed by atoms with Crippen LogP contribution in [0.3, 0.4) is 0 Å². The number of benzene rings is 1. The van der Waals surface area contributed by atoms with Gasteiger partial charge in [-0.15, -0.1) is 0 Å². The first-order chi connectivity index (χ1) is 12.7. The molecule has 0 atom stereocenters. The molecule has 1 aliphatic heterocycles. The first-order valence-corrected chi connectivity index (χ1v) is 10.1. The molecule has 0 radical (unpaired) electrons. The van der Waals surface area contributed by atoms with Gasteiger partial charge in [0, 0.05) is 26.2 Å². The van der Waals surface area contributed by atoms with Gasteiger partial charge in [0.1, 0.15) is 0 Å². The van der Waals surface area contributed by atoms with Gasteiger partial charge in [-0.3, -0.25) is 4.90 Å². The summed E-state index contributed by atoms with van der Waals surface area (Å²) in [5, 5.41) is 6.62. The Labute approximate surface area is 159 Å². The summed E-state index contributed by atoms with van der Waals surface area (Å²) in [5.41, 5.74) is 2.63. The third-order valence-electron chi connectivity index (χ3n) is 4.38. The average molecular weight is 361 g/mol. The molecule has 0 unspecified atom stereocenters. The van der Waals surface area contributed by atoms with Crippen molar-refractivity contribution in [3.05, 3.63) is 35.4 Å². The van der Waals surface area contributed by atoms with Gasteiger partial charge in [0.25, 0.3) is 0 Å². The molecule has 2 N–H and O–H groups in total. The molecule has 1 aromatic carbocycles. The number of nitrogens with one attached hydrogen (secondary N) is 2. The largest absolute Gasteiger partial charge is 0.379 e. The van der Waals surface area contributed by atoms with E-state index in [1.165, 1.54) is 37.1 Å². The first-order valence-electron chi connectivity index (χ1n) is 10.1. The molecule has 1 heterocycles. The van der Waals surface area contributed by atoms with Gasteiger partial charge in [0.2, 0.25) is 0 Å². The van der Waals surface area contributed by atoms with Crippen LogP contribution in [0.15, 0.2) is 29.3 Å². The molecule has 0 aromatic heterocycles. The van der Waals surface area contributed by atoms with E-state index in [-0.39, 0.29) is 0 Å². The minimum Gasteiger partial charge on any atom is -0.379 e. The Morgan fingerprint density at radius 2 is 1.81 bits per heavy atom. The molecule has 5 heteroatoms. The van der Waals surface area contributed by atoms with Crippen molar-refractivity contribution in [2.45, 2.75) is 46.7 Å². The van der Waals surface area contributed by atoms with E-state index in [0.717, 1.165) is 32.2 Å². The average Bonchev–Trinajstić information content (AvgIpc) is 3.13. The Morgan fingerprint density at radius 1 is 1.12 bits per heavy atom. The SMILES string of the molecule is CCNC(=NCc1ccc(CN2CCCC2)cc1)NCCOCC(C)C. The second kappa shape index (κ2) is 11.9. The van der Waals surface area contributed by atoms with Gasteiger partial charge in [0.05, 0.1) is 13.2 Å². The normalized spacial score (nSPS) is 15.6. The summed E-state index contributed by atoms with van der Waals surface area (Å²) in [6, 6.07) is 8.88. The standard InChI is InChI=1S/C21H36N4O/c1-4-22-21(23-11-14-26-17-18(2)3)24-15-19-7-9-20(10-8-19)16-25-12-5-6-13-25/h7-10,18H,4-6,11-17H2,1-3H3,(H2,22,23,24). The summed E-state index contributed by atoms with van der Waals surface area (Å²) in [5.74, 6) is 1.42. The molecule has 0 amide bonds. The Morgan fingerprint density at radius 3 is 2.46 bits per heavy atom. The van der Waals surface area contributed by atoms with Crippen molar-refractivity contribution in [2.75, 3.05) is 39.4 Å².